The first-order valence-electron chi connectivity index (χ1n) is 5.51. The zero-order valence-corrected chi connectivity index (χ0v) is 9.99. The van der Waals surface area contributed by atoms with Gasteiger partial charge in [-0.1, -0.05) is 13.8 Å². The van der Waals surface area contributed by atoms with Crippen LogP contribution in [0.15, 0.2) is 0 Å². The minimum absolute atomic E-state index is 0.741. The minimum atomic E-state index is 0.741. The molecule has 0 aromatic heterocycles. The molecule has 0 spiro atoms. The topological polar surface area (TPSA) is 12.0 Å². The van der Waals surface area contributed by atoms with Gasteiger partial charge in [0.05, 0.1) is 0 Å². The fourth-order valence-electron chi connectivity index (χ4n) is 2.18. The largest absolute Gasteiger partial charge is 0.310 e. The van der Waals surface area contributed by atoms with Crippen molar-refractivity contribution < 1.29 is 0 Å². The van der Waals surface area contributed by atoms with Crippen molar-refractivity contribution in [2.24, 2.45) is 5.92 Å². The first-order chi connectivity index (χ1) is 6.26. The van der Waals surface area contributed by atoms with Crippen molar-refractivity contribution in [2.45, 2.75) is 51.6 Å². The molecule has 3 atom stereocenters. The Balaban J connectivity index is 2.21. The molecule has 0 aromatic rings. The molecule has 3 unspecified atom stereocenters. The first kappa shape index (κ1) is 11.4. The summed E-state index contributed by atoms with van der Waals surface area (Å²) in [6.07, 6.45) is 7.68. The molecule has 0 saturated heterocycles. The van der Waals surface area contributed by atoms with Gasteiger partial charge in [0.25, 0.3) is 0 Å². The van der Waals surface area contributed by atoms with Gasteiger partial charge < -0.3 is 5.32 Å². The van der Waals surface area contributed by atoms with Crippen molar-refractivity contribution in [3.05, 3.63) is 0 Å². The summed E-state index contributed by atoms with van der Waals surface area (Å²) in [6, 6.07) is 1.55. The van der Waals surface area contributed by atoms with Crippen molar-refractivity contribution in [1.82, 2.24) is 5.32 Å². The molecule has 78 valence electrons. The van der Waals surface area contributed by atoms with Gasteiger partial charge in [-0.25, -0.2) is 0 Å². The molecule has 0 heterocycles. The van der Waals surface area contributed by atoms with Gasteiger partial charge >= 0.3 is 0 Å². The van der Waals surface area contributed by atoms with E-state index in [9.17, 15) is 0 Å². The van der Waals surface area contributed by atoms with Crippen molar-refractivity contribution >= 4 is 11.8 Å². The van der Waals surface area contributed by atoms with E-state index in [2.05, 4.69) is 25.4 Å². The predicted octanol–water partition coefficient (Wildman–Crippen LogP) is 2.91. The van der Waals surface area contributed by atoms with Gasteiger partial charge in [0.1, 0.15) is 0 Å². The maximum absolute atomic E-state index is 3.78. The summed E-state index contributed by atoms with van der Waals surface area (Å²) in [5.74, 6) is 2.21. The molecule has 1 saturated carbocycles. The molecule has 0 bridgehead atoms. The molecule has 13 heavy (non-hydrogen) atoms. The quantitative estimate of drug-likeness (QED) is 0.734. The van der Waals surface area contributed by atoms with Crippen LogP contribution in [0.25, 0.3) is 0 Å². The van der Waals surface area contributed by atoms with Crippen molar-refractivity contribution in [3.8, 4) is 0 Å². The minimum Gasteiger partial charge on any atom is -0.310 e. The van der Waals surface area contributed by atoms with Crippen LogP contribution in [0, 0.1) is 5.92 Å². The summed E-state index contributed by atoms with van der Waals surface area (Å²) >= 11 is 1.96. The van der Waals surface area contributed by atoms with Crippen LogP contribution in [0.2, 0.25) is 0 Å². The van der Waals surface area contributed by atoms with Gasteiger partial charge in [0.2, 0.25) is 0 Å². The highest BCUT2D eigenvalue weighted by Crippen LogP contribution is 2.25. The lowest BCUT2D eigenvalue weighted by Crippen LogP contribution is -2.38. The molecule has 0 aromatic carbocycles. The summed E-state index contributed by atoms with van der Waals surface area (Å²) in [5.41, 5.74) is 0. The molecule has 1 aliphatic carbocycles. The molecule has 1 N–H and O–H groups in total. The van der Waals surface area contributed by atoms with Crippen LogP contribution < -0.4 is 5.32 Å². The van der Waals surface area contributed by atoms with Crippen molar-refractivity contribution in [3.63, 3.8) is 0 Å². The summed E-state index contributed by atoms with van der Waals surface area (Å²) in [6.45, 7) is 4.66. The number of nitrogens with one attached hydrogen (secondary N) is 1. The van der Waals surface area contributed by atoms with Gasteiger partial charge in [-0.2, -0.15) is 11.8 Å². The van der Waals surface area contributed by atoms with E-state index in [1.165, 1.54) is 31.4 Å². The van der Waals surface area contributed by atoms with E-state index in [0.29, 0.717) is 0 Å². The van der Waals surface area contributed by atoms with Crippen LogP contribution in [-0.4, -0.2) is 24.1 Å². The molecule has 0 aliphatic heterocycles. The second-order valence-corrected chi connectivity index (χ2v) is 5.25. The van der Waals surface area contributed by atoms with Gasteiger partial charge in [-0.05, 0) is 37.9 Å². The Bertz CT molecular complexity index is 136. The number of rotatable bonds is 5. The third-order valence-electron chi connectivity index (χ3n) is 3.03. The monoisotopic (exact) mass is 201 g/mol. The highest BCUT2D eigenvalue weighted by atomic mass is 32.2. The zero-order chi connectivity index (χ0) is 9.68. The Morgan fingerprint density at radius 2 is 2.23 bits per heavy atom. The fraction of sp³-hybridized carbons (Fsp3) is 1.00. The number of hydrogen-bond acceptors (Lipinski definition) is 2. The molecule has 1 aliphatic rings. The highest BCUT2D eigenvalue weighted by Gasteiger charge is 2.22. The highest BCUT2D eigenvalue weighted by molar-refractivity contribution is 7.98. The lowest BCUT2D eigenvalue weighted by atomic mass is 10.1. The van der Waals surface area contributed by atoms with E-state index in [1.807, 2.05) is 11.8 Å². The Morgan fingerprint density at radius 3 is 2.69 bits per heavy atom. The maximum Gasteiger partial charge on any atom is 0.0158 e. The second kappa shape index (κ2) is 5.92. The predicted molar refractivity (Wildman–Crippen MR) is 62.4 cm³/mol. The van der Waals surface area contributed by atoms with E-state index in [-0.39, 0.29) is 0 Å². The van der Waals surface area contributed by atoms with E-state index >= 15 is 0 Å². The smallest absolute Gasteiger partial charge is 0.0158 e. The molecule has 1 rings (SSSR count). The standard InChI is InChI=1S/C11H23NS/c1-4-10(8-13-3)12-11-6-5-9(2)7-11/h9-12H,4-8H2,1-3H3. The van der Waals surface area contributed by atoms with Gasteiger partial charge in [-0.3, -0.25) is 0 Å². The molecular weight excluding hydrogens is 178 g/mol. The molecule has 0 radical (unpaired) electrons. The van der Waals surface area contributed by atoms with Crippen LogP contribution in [0.1, 0.15) is 39.5 Å². The van der Waals surface area contributed by atoms with E-state index in [1.54, 1.807) is 0 Å². The first-order valence-corrected chi connectivity index (χ1v) is 6.90. The third kappa shape index (κ3) is 3.90. The summed E-state index contributed by atoms with van der Waals surface area (Å²) in [4.78, 5) is 0. The van der Waals surface area contributed by atoms with Crippen LogP contribution in [-0.2, 0) is 0 Å². The summed E-state index contributed by atoms with van der Waals surface area (Å²) in [7, 11) is 0. The van der Waals surface area contributed by atoms with Crippen molar-refractivity contribution in [1.29, 1.82) is 0 Å². The van der Waals surface area contributed by atoms with E-state index < -0.39 is 0 Å². The molecule has 1 nitrogen and oxygen atoms in total. The average molecular weight is 201 g/mol. The van der Waals surface area contributed by atoms with E-state index in [0.717, 1.165) is 18.0 Å². The normalized spacial score (nSPS) is 30.7. The average Bonchev–Trinajstić information content (AvgIpc) is 2.50. The number of hydrogen-bond donors (Lipinski definition) is 1. The van der Waals surface area contributed by atoms with Gasteiger partial charge in [0, 0.05) is 17.8 Å². The Labute approximate surface area is 87.1 Å². The SMILES string of the molecule is CCC(CSC)NC1CCC(C)C1. The van der Waals surface area contributed by atoms with E-state index in [4.69, 9.17) is 0 Å². The number of thioether (sulfide) groups is 1. The summed E-state index contributed by atoms with van der Waals surface area (Å²) < 4.78 is 0. The Hall–Kier alpha value is 0.310. The lowest BCUT2D eigenvalue weighted by Gasteiger charge is -2.21. The van der Waals surface area contributed by atoms with Crippen molar-refractivity contribution in [2.75, 3.05) is 12.0 Å². The van der Waals surface area contributed by atoms with Crippen LogP contribution >= 0.6 is 11.8 Å². The molecule has 2 heteroatoms. The van der Waals surface area contributed by atoms with Gasteiger partial charge in [0.15, 0.2) is 0 Å². The molecular formula is C11H23NS. The lowest BCUT2D eigenvalue weighted by molar-refractivity contribution is 0.436. The third-order valence-corrected chi connectivity index (χ3v) is 3.76. The summed E-state index contributed by atoms with van der Waals surface area (Å²) in [5, 5.41) is 3.78. The van der Waals surface area contributed by atoms with Crippen LogP contribution in [0.3, 0.4) is 0 Å². The molecule has 1 fully saturated rings. The zero-order valence-electron chi connectivity index (χ0n) is 9.18. The maximum atomic E-state index is 3.78. The Morgan fingerprint density at radius 1 is 1.46 bits per heavy atom. The van der Waals surface area contributed by atoms with Crippen LogP contribution in [0.5, 0.6) is 0 Å². The van der Waals surface area contributed by atoms with Gasteiger partial charge in [-0.15, -0.1) is 0 Å². The second-order valence-electron chi connectivity index (χ2n) is 4.34. The molecule has 0 amide bonds. The fourth-order valence-corrected chi connectivity index (χ4v) is 2.91. The van der Waals surface area contributed by atoms with Crippen LogP contribution in [0.4, 0.5) is 0 Å². The Kier molecular flexibility index (Phi) is 5.18.